The fraction of sp³-hybridized carbons (Fsp3) is 0.0417. The zero-order valence-corrected chi connectivity index (χ0v) is 16.7. The van der Waals surface area contributed by atoms with E-state index < -0.39 is 5.91 Å². The molecule has 6 heteroatoms. The Morgan fingerprint density at radius 2 is 1.53 bits per heavy atom. The van der Waals surface area contributed by atoms with Gasteiger partial charge in [-0.25, -0.2) is 5.43 Å². The molecule has 2 amide bonds. The van der Waals surface area contributed by atoms with Crippen LogP contribution in [0.3, 0.4) is 0 Å². The van der Waals surface area contributed by atoms with E-state index in [0.29, 0.717) is 10.6 Å². The Hall–Kier alpha value is -3.70. The third-order valence-corrected chi connectivity index (χ3v) is 4.93. The number of fused-ring (bicyclic) bond motifs is 2. The number of nitrogens with zero attached hydrogens (tertiary/aromatic N) is 1. The maximum absolute atomic E-state index is 12.1. The molecule has 0 saturated heterocycles. The van der Waals surface area contributed by atoms with Gasteiger partial charge in [0.1, 0.15) is 0 Å². The van der Waals surface area contributed by atoms with E-state index in [1.54, 1.807) is 30.5 Å². The Morgan fingerprint density at radius 3 is 2.20 bits per heavy atom. The lowest BCUT2D eigenvalue weighted by molar-refractivity contribution is -0.120. The van der Waals surface area contributed by atoms with E-state index in [-0.39, 0.29) is 12.5 Å². The van der Waals surface area contributed by atoms with E-state index in [1.807, 2.05) is 48.5 Å². The molecular formula is C24H18ClN3O2. The van der Waals surface area contributed by atoms with Crippen molar-refractivity contribution in [3.05, 3.63) is 95.0 Å². The summed E-state index contributed by atoms with van der Waals surface area (Å²) >= 11 is 5.88. The molecule has 0 radical (unpaired) electrons. The van der Waals surface area contributed by atoms with Crippen molar-refractivity contribution in [2.24, 2.45) is 5.10 Å². The normalized spacial score (nSPS) is 11.1. The largest absolute Gasteiger partial charge is 0.343 e. The lowest BCUT2D eigenvalue weighted by Gasteiger charge is -2.08. The molecule has 0 unspecified atom stereocenters. The molecule has 0 saturated carbocycles. The minimum atomic E-state index is -0.425. The molecule has 4 aromatic rings. The molecule has 148 valence electrons. The molecule has 0 aliphatic carbocycles. The monoisotopic (exact) mass is 415 g/mol. The van der Waals surface area contributed by atoms with Crippen molar-refractivity contribution in [3.8, 4) is 0 Å². The summed E-state index contributed by atoms with van der Waals surface area (Å²) in [5.41, 5.74) is 3.78. The molecule has 0 fully saturated rings. The van der Waals surface area contributed by atoms with Gasteiger partial charge in [0.25, 0.3) is 11.8 Å². The lowest BCUT2D eigenvalue weighted by Crippen LogP contribution is -2.34. The van der Waals surface area contributed by atoms with Crippen LogP contribution in [0.1, 0.15) is 15.9 Å². The summed E-state index contributed by atoms with van der Waals surface area (Å²) in [5, 5.41) is 11.4. The number of carbonyl (C=O) groups excluding carboxylic acids is 2. The number of rotatable bonds is 5. The van der Waals surface area contributed by atoms with Crippen LogP contribution in [0.5, 0.6) is 0 Å². The Kier molecular flexibility index (Phi) is 5.72. The van der Waals surface area contributed by atoms with E-state index in [4.69, 9.17) is 11.6 Å². The molecular weight excluding hydrogens is 398 g/mol. The molecule has 0 aromatic heterocycles. The van der Waals surface area contributed by atoms with Gasteiger partial charge in [0.2, 0.25) is 0 Å². The maximum atomic E-state index is 12.1. The van der Waals surface area contributed by atoms with E-state index in [1.165, 1.54) is 0 Å². The van der Waals surface area contributed by atoms with Crippen molar-refractivity contribution < 1.29 is 9.59 Å². The van der Waals surface area contributed by atoms with Gasteiger partial charge in [-0.2, -0.15) is 5.10 Å². The summed E-state index contributed by atoms with van der Waals surface area (Å²) in [5.74, 6) is -0.803. The highest BCUT2D eigenvalue weighted by Crippen LogP contribution is 2.27. The van der Waals surface area contributed by atoms with E-state index in [0.717, 1.165) is 27.1 Å². The first-order chi connectivity index (χ1) is 14.6. The van der Waals surface area contributed by atoms with Gasteiger partial charge in [-0.3, -0.25) is 9.59 Å². The van der Waals surface area contributed by atoms with Crippen LogP contribution in [0, 0.1) is 0 Å². The van der Waals surface area contributed by atoms with Gasteiger partial charge in [-0.1, -0.05) is 66.2 Å². The highest BCUT2D eigenvalue weighted by Gasteiger charge is 2.09. The number of hydrazone groups is 1. The second-order valence-electron chi connectivity index (χ2n) is 6.72. The first kappa shape index (κ1) is 19.6. The molecule has 4 aromatic carbocycles. The Balaban J connectivity index is 1.47. The molecule has 0 heterocycles. The third-order valence-electron chi connectivity index (χ3n) is 4.69. The Labute approximate surface area is 178 Å². The zero-order chi connectivity index (χ0) is 20.9. The number of halogens is 1. The van der Waals surface area contributed by atoms with Gasteiger partial charge in [0, 0.05) is 16.1 Å². The van der Waals surface area contributed by atoms with Crippen molar-refractivity contribution in [2.75, 3.05) is 6.54 Å². The quantitative estimate of drug-likeness (QED) is 0.285. The number of hydrogen-bond acceptors (Lipinski definition) is 3. The second-order valence-corrected chi connectivity index (χ2v) is 7.16. The van der Waals surface area contributed by atoms with Crippen LogP contribution in [0.15, 0.2) is 84.0 Å². The van der Waals surface area contributed by atoms with Crippen molar-refractivity contribution in [3.63, 3.8) is 0 Å². The molecule has 4 rings (SSSR count). The fourth-order valence-corrected chi connectivity index (χ4v) is 3.48. The minimum Gasteiger partial charge on any atom is -0.343 e. The molecule has 0 spiro atoms. The number of amides is 2. The summed E-state index contributed by atoms with van der Waals surface area (Å²) in [7, 11) is 0. The number of hydrogen-bond donors (Lipinski definition) is 2. The van der Waals surface area contributed by atoms with Crippen LogP contribution in [0.2, 0.25) is 5.02 Å². The van der Waals surface area contributed by atoms with Gasteiger partial charge >= 0.3 is 0 Å². The number of carbonyl (C=O) groups is 2. The van der Waals surface area contributed by atoms with E-state index in [2.05, 4.69) is 21.9 Å². The number of nitrogens with one attached hydrogen (secondary N) is 2. The van der Waals surface area contributed by atoms with Crippen LogP contribution in [-0.2, 0) is 4.79 Å². The zero-order valence-electron chi connectivity index (χ0n) is 15.9. The minimum absolute atomic E-state index is 0.195. The van der Waals surface area contributed by atoms with Crippen molar-refractivity contribution >= 4 is 51.2 Å². The van der Waals surface area contributed by atoms with Gasteiger partial charge in [0.05, 0.1) is 12.8 Å². The first-order valence-corrected chi connectivity index (χ1v) is 9.76. The summed E-state index contributed by atoms with van der Waals surface area (Å²) in [6.45, 7) is -0.195. The molecule has 0 atom stereocenters. The molecule has 0 aliphatic heterocycles. The summed E-state index contributed by atoms with van der Waals surface area (Å²) < 4.78 is 0. The average molecular weight is 416 g/mol. The van der Waals surface area contributed by atoms with Gasteiger partial charge in [0.15, 0.2) is 0 Å². The van der Waals surface area contributed by atoms with E-state index in [9.17, 15) is 9.59 Å². The molecule has 5 nitrogen and oxygen atoms in total. The highest BCUT2D eigenvalue weighted by molar-refractivity contribution is 6.31. The van der Waals surface area contributed by atoms with Crippen LogP contribution in [-0.4, -0.2) is 24.6 Å². The predicted octanol–water partition coefficient (Wildman–Crippen LogP) is 4.53. The Morgan fingerprint density at radius 1 is 0.867 bits per heavy atom. The molecule has 2 N–H and O–H groups in total. The standard InChI is InChI=1S/C24H18ClN3O2/c25-19-9-5-8-18(13-19)24(30)26-15-23(29)28-27-14-22-20-10-3-1-6-16(20)12-17-7-2-4-11-21(17)22/h1-14H,15H2,(H,26,30)(H,28,29)/b27-14-. The van der Waals surface area contributed by atoms with Crippen LogP contribution in [0.25, 0.3) is 21.5 Å². The molecule has 0 bridgehead atoms. The van der Waals surface area contributed by atoms with E-state index >= 15 is 0 Å². The van der Waals surface area contributed by atoms with Crippen LogP contribution >= 0.6 is 11.6 Å². The summed E-state index contributed by atoms with van der Waals surface area (Å²) in [6.07, 6.45) is 1.64. The van der Waals surface area contributed by atoms with Gasteiger partial charge in [-0.15, -0.1) is 0 Å². The summed E-state index contributed by atoms with van der Waals surface area (Å²) in [4.78, 5) is 24.2. The van der Waals surface area contributed by atoms with Crippen molar-refractivity contribution in [1.82, 2.24) is 10.7 Å². The first-order valence-electron chi connectivity index (χ1n) is 9.38. The van der Waals surface area contributed by atoms with Crippen molar-refractivity contribution in [1.29, 1.82) is 0 Å². The van der Waals surface area contributed by atoms with Crippen LogP contribution in [0.4, 0.5) is 0 Å². The summed E-state index contributed by atoms with van der Waals surface area (Å²) in [6, 6.07) is 24.7. The highest BCUT2D eigenvalue weighted by atomic mass is 35.5. The molecule has 30 heavy (non-hydrogen) atoms. The van der Waals surface area contributed by atoms with Crippen molar-refractivity contribution in [2.45, 2.75) is 0 Å². The van der Waals surface area contributed by atoms with Gasteiger partial charge in [-0.05, 0) is 45.8 Å². The van der Waals surface area contributed by atoms with Crippen LogP contribution < -0.4 is 10.7 Å². The second kappa shape index (κ2) is 8.76. The number of benzene rings is 4. The smallest absolute Gasteiger partial charge is 0.259 e. The average Bonchev–Trinajstić information content (AvgIpc) is 2.77. The predicted molar refractivity (Wildman–Crippen MR) is 121 cm³/mol. The maximum Gasteiger partial charge on any atom is 0.259 e. The van der Waals surface area contributed by atoms with Gasteiger partial charge < -0.3 is 5.32 Å². The Bertz CT molecular complexity index is 1230. The fourth-order valence-electron chi connectivity index (χ4n) is 3.29. The molecule has 0 aliphatic rings. The topological polar surface area (TPSA) is 70.6 Å². The lowest BCUT2D eigenvalue weighted by atomic mass is 9.97. The SMILES string of the molecule is O=C(CNC(=O)c1cccc(Cl)c1)N/N=C\c1c2ccccc2cc2ccccc12. The third kappa shape index (κ3) is 4.31.